The molecule has 2 unspecified atom stereocenters. The van der Waals surface area contributed by atoms with Crippen molar-refractivity contribution in [2.24, 2.45) is 5.73 Å². The van der Waals surface area contributed by atoms with Gasteiger partial charge in [-0.2, -0.15) is 0 Å². The molecular formula is C8H11FN2O. The molecule has 0 bridgehead atoms. The van der Waals surface area contributed by atoms with Gasteiger partial charge in [0, 0.05) is 6.20 Å². The van der Waals surface area contributed by atoms with Crippen molar-refractivity contribution in [2.45, 2.75) is 19.1 Å². The van der Waals surface area contributed by atoms with Gasteiger partial charge in [-0.05, 0) is 19.1 Å². The van der Waals surface area contributed by atoms with Crippen molar-refractivity contribution in [3.63, 3.8) is 0 Å². The fourth-order valence-corrected chi connectivity index (χ4v) is 0.872. The Morgan fingerprint density at radius 3 is 2.83 bits per heavy atom. The monoisotopic (exact) mass is 170 g/mol. The number of pyridine rings is 1. The first-order chi connectivity index (χ1) is 5.63. The molecule has 1 rings (SSSR count). The third-order valence-corrected chi connectivity index (χ3v) is 1.62. The lowest BCUT2D eigenvalue weighted by molar-refractivity contribution is 0.160. The summed E-state index contributed by atoms with van der Waals surface area (Å²) in [5.41, 5.74) is 5.59. The molecule has 66 valence electrons. The minimum absolute atomic E-state index is 0.104. The van der Waals surface area contributed by atoms with E-state index < -0.39 is 18.0 Å². The number of aliphatic hydroxyl groups is 1. The fraction of sp³-hybridized carbons (Fsp3) is 0.375. The van der Waals surface area contributed by atoms with Gasteiger partial charge < -0.3 is 10.8 Å². The number of nitrogens with two attached hydrogens (primary N) is 1. The van der Waals surface area contributed by atoms with E-state index in [2.05, 4.69) is 4.98 Å². The van der Waals surface area contributed by atoms with Crippen LogP contribution in [0.4, 0.5) is 4.39 Å². The van der Waals surface area contributed by atoms with E-state index in [4.69, 9.17) is 10.8 Å². The van der Waals surface area contributed by atoms with Crippen molar-refractivity contribution < 1.29 is 9.50 Å². The highest BCUT2D eigenvalue weighted by atomic mass is 19.1. The lowest BCUT2D eigenvalue weighted by Crippen LogP contribution is -2.25. The molecule has 4 heteroatoms. The molecule has 3 N–H and O–H groups in total. The summed E-state index contributed by atoms with van der Waals surface area (Å²) in [5, 5.41) is 9.07. The molecule has 0 spiro atoms. The van der Waals surface area contributed by atoms with Gasteiger partial charge in [0.05, 0.1) is 17.8 Å². The molecular weight excluding hydrogens is 159 g/mol. The minimum atomic E-state index is -0.797. The molecule has 2 atom stereocenters. The highest BCUT2D eigenvalue weighted by Gasteiger charge is 2.16. The van der Waals surface area contributed by atoms with Gasteiger partial charge in [-0.3, -0.25) is 4.98 Å². The predicted molar refractivity (Wildman–Crippen MR) is 42.8 cm³/mol. The van der Waals surface area contributed by atoms with Crippen LogP contribution in [0.5, 0.6) is 0 Å². The summed E-state index contributed by atoms with van der Waals surface area (Å²) in [4.78, 5) is 3.74. The Labute approximate surface area is 70.0 Å². The van der Waals surface area contributed by atoms with Gasteiger partial charge in [0.2, 0.25) is 0 Å². The number of nitrogens with zero attached hydrogens (tertiary/aromatic N) is 1. The summed E-state index contributed by atoms with van der Waals surface area (Å²) in [7, 11) is 0. The van der Waals surface area contributed by atoms with E-state index in [1.54, 1.807) is 0 Å². The first-order valence-electron chi connectivity index (χ1n) is 3.67. The Morgan fingerprint density at radius 1 is 1.67 bits per heavy atom. The highest BCUT2D eigenvalue weighted by molar-refractivity contribution is 5.11. The maximum absolute atomic E-state index is 12.9. The van der Waals surface area contributed by atoms with E-state index in [-0.39, 0.29) is 5.69 Å². The first kappa shape index (κ1) is 9.09. The van der Waals surface area contributed by atoms with Crippen LogP contribution in [0.3, 0.4) is 0 Å². The minimum Gasteiger partial charge on any atom is -0.391 e. The fourth-order valence-electron chi connectivity index (χ4n) is 0.872. The average molecular weight is 170 g/mol. The zero-order chi connectivity index (χ0) is 9.14. The Hall–Kier alpha value is -1.00. The third kappa shape index (κ3) is 1.78. The Morgan fingerprint density at radius 2 is 2.33 bits per heavy atom. The number of hydrogen-bond acceptors (Lipinski definition) is 3. The summed E-state index contributed by atoms with van der Waals surface area (Å²) >= 11 is 0. The maximum atomic E-state index is 12.9. The smallest absolute Gasteiger partial charge is 0.146 e. The van der Waals surface area contributed by atoms with Gasteiger partial charge in [0.1, 0.15) is 5.82 Å². The first-order valence-corrected chi connectivity index (χ1v) is 3.67. The van der Waals surface area contributed by atoms with Gasteiger partial charge in [-0.25, -0.2) is 4.39 Å². The topological polar surface area (TPSA) is 59.1 Å². The maximum Gasteiger partial charge on any atom is 0.146 e. The zero-order valence-electron chi connectivity index (χ0n) is 6.74. The quantitative estimate of drug-likeness (QED) is 0.683. The van der Waals surface area contributed by atoms with Crippen molar-refractivity contribution in [1.29, 1.82) is 0 Å². The van der Waals surface area contributed by atoms with E-state index in [9.17, 15) is 4.39 Å². The summed E-state index contributed by atoms with van der Waals surface area (Å²) in [5.74, 6) is -0.481. The summed E-state index contributed by atoms with van der Waals surface area (Å²) < 4.78 is 12.9. The lowest BCUT2D eigenvalue weighted by atomic mass is 10.1. The van der Waals surface area contributed by atoms with Crippen LogP contribution in [0.1, 0.15) is 18.7 Å². The molecule has 3 nitrogen and oxygen atoms in total. The van der Waals surface area contributed by atoms with Crippen LogP contribution in [0.15, 0.2) is 18.3 Å². The lowest BCUT2D eigenvalue weighted by Gasteiger charge is -2.13. The molecule has 1 aromatic rings. The van der Waals surface area contributed by atoms with Crippen molar-refractivity contribution in [1.82, 2.24) is 4.98 Å². The normalized spacial score (nSPS) is 15.7. The molecule has 0 fully saturated rings. The largest absolute Gasteiger partial charge is 0.391 e. The van der Waals surface area contributed by atoms with Gasteiger partial charge in [-0.1, -0.05) is 0 Å². The molecule has 0 aliphatic carbocycles. The van der Waals surface area contributed by atoms with Crippen LogP contribution in [0.2, 0.25) is 0 Å². The third-order valence-electron chi connectivity index (χ3n) is 1.62. The summed E-state index contributed by atoms with van der Waals surface area (Å²) in [6.45, 7) is 1.50. The standard InChI is InChI=1S/C8H11FN2O/c1-5(12)7(10)8-6(9)3-2-4-11-8/h2-5,7,12H,10H2,1H3. The molecule has 1 aromatic heterocycles. The van der Waals surface area contributed by atoms with Gasteiger partial charge in [-0.15, -0.1) is 0 Å². The van der Waals surface area contributed by atoms with Crippen molar-refractivity contribution in [3.05, 3.63) is 29.8 Å². The number of hydrogen-bond donors (Lipinski definition) is 2. The van der Waals surface area contributed by atoms with E-state index in [0.717, 1.165) is 0 Å². The number of rotatable bonds is 2. The average Bonchev–Trinajstić information content (AvgIpc) is 2.04. The summed E-state index contributed by atoms with van der Waals surface area (Å²) in [6, 6.07) is 1.99. The number of aliphatic hydroxyl groups excluding tert-OH is 1. The number of halogens is 1. The highest BCUT2D eigenvalue weighted by Crippen LogP contribution is 2.14. The van der Waals surface area contributed by atoms with Crippen LogP contribution < -0.4 is 5.73 Å². The van der Waals surface area contributed by atoms with E-state index >= 15 is 0 Å². The zero-order valence-corrected chi connectivity index (χ0v) is 6.74. The molecule has 0 radical (unpaired) electrons. The second-order valence-corrected chi connectivity index (χ2v) is 2.64. The molecule has 12 heavy (non-hydrogen) atoms. The second-order valence-electron chi connectivity index (χ2n) is 2.64. The summed E-state index contributed by atoms with van der Waals surface area (Å²) in [6.07, 6.45) is 0.648. The molecule has 0 amide bonds. The van der Waals surface area contributed by atoms with Crippen LogP contribution >= 0.6 is 0 Å². The van der Waals surface area contributed by atoms with Crippen molar-refractivity contribution in [2.75, 3.05) is 0 Å². The Kier molecular flexibility index (Phi) is 2.73. The second kappa shape index (κ2) is 3.60. The van der Waals surface area contributed by atoms with Crippen molar-refractivity contribution in [3.8, 4) is 0 Å². The van der Waals surface area contributed by atoms with E-state index in [1.807, 2.05) is 0 Å². The van der Waals surface area contributed by atoms with Gasteiger partial charge in [0.25, 0.3) is 0 Å². The van der Waals surface area contributed by atoms with Crippen LogP contribution in [-0.4, -0.2) is 16.2 Å². The molecule has 0 aromatic carbocycles. The molecule has 0 saturated heterocycles. The van der Waals surface area contributed by atoms with Crippen LogP contribution in [0, 0.1) is 5.82 Å². The number of aromatic nitrogens is 1. The van der Waals surface area contributed by atoms with E-state index in [0.29, 0.717) is 0 Å². The predicted octanol–water partition coefficient (Wildman–Crippen LogP) is 0.601. The van der Waals surface area contributed by atoms with Crippen LogP contribution in [-0.2, 0) is 0 Å². The van der Waals surface area contributed by atoms with Crippen LogP contribution in [0.25, 0.3) is 0 Å². The molecule has 1 heterocycles. The van der Waals surface area contributed by atoms with Crippen molar-refractivity contribution >= 4 is 0 Å². The Balaban J connectivity index is 2.94. The molecule has 0 saturated carbocycles. The Bertz CT molecular complexity index is 265. The molecule has 0 aliphatic rings. The molecule has 0 aliphatic heterocycles. The van der Waals surface area contributed by atoms with Gasteiger partial charge in [0.15, 0.2) is 0 Å². The SMILES string of the molecule is CC(O)C(N)c1ncccc1F. The van der Waals surface area contributed by atoms with Gasteiger partial charge >= 0.3 is 0 Å². The van der Waals surface area contributed by atoms with E-state index in [1.165, 1.54) is 25.3 Å².